The molecule has 1 aliphatic carbocycles. The molecule has 4 heteroatoms. The summed E-state index contributed by atoms with van der Waals surface area (Å²) in [7, 11) is 1.67. The maximum Gasteiger partial charge on any atom is 0.303 e. The van der Waals surface area contributed by atoms with E-state index in [1.807, 2.05) is 6.07 Å². The van der Waals surface area contributed by atoms with Crippen LogP contribution in [0.25, 0.3) is 0 Å². The van der Waals surface area contributed by atoms with Crippen molar-refractivity contribution in [3.05, 3.63) is 23.8 Å². The second kappa shape index (κ2) is 8.80. The van der Waals surface area contributed by atoms with Crippen molar-refractivity contribution in [2.24, 2.45) is 0 Å². The maximum absolute atomic E-state index is 10.7. The van der Waals surface area contributed by atoms with Crippen molar-refractivity contribution in [2.45, 2.75) is 70.3 Å². The minimum Gasteiger partial charge on any atom is -0.493 e. The molecule has 1 atom stereocenters. The highest BCUT2D eigenvalue weighted by Gasteiger charge is 2.20. The molecule has 0 radical (unpaired) electrons. The first-order chi connectivity index (χ1) is 11.1. The third-order valence-corrected chi connectivity index (χ3v) is 4.69. The van der Waals surface area contributed by atoms with Crippen LogP contribution in [-0.4, -0.2) is 24.3 Å². The monoisotopic (exact) mass is 320 g/mol. The van der Waals surface area contributed by atoms with E-state index in [0.717, 1.165) is 37.2 Å². The fourth-order valence-corrected chi connectivity index (χ4v) is 3.33. The van der Waals surface area contributed by atoms with Gasteiger partial charge >= 0.3 is 5.97 Å². The summed E-state index contributed by atoms with van der Waals surface area (Å²) in [5.74, 6) is 1.25. The molecule has 0 bridgehead atoms. The molecule has 4 nitrogen and oxygen atoms in total. The number of methoxy groups -OCH3 is 1. The van der Waals surface area contributed by atoms with Crippen molar-refractivity contribution < 1.29 is 19.4 Å². The summed E-state index contributed by atoms with van der Waals surface area (Å²) in [5.41, 5.74) is 1.21. The van der Waals surface area contributed by atoms with Crippen LogP contribution in [0.1, 0.15) is 69.8 Å². The second-order valence-corrected chi connectivity index (χ2v) is 6.33. The number of carbonyl (C=O) groups is 1. The first-order valence-electron chi connectivity index (χ1n) is 8.70. The Bertz CT molecular complexity index is 506. The lowest BCUT2D eigenvalue weighted by Crippen LogP contribution is -2.12. The fourth-order valence-electron chi connectivity index (χ4n) is 3.33. The molecule has 0 aromatic heterocycles. The van der Waals surface area contributed by atoms with Crippen LogP contribution in [0.4, 0.5) is 0 Å². The molecular weight excluding hydrogens is 292 g/mol. The zero-order valence-electron chi connectivity index (χ0n) is 14.2. The van der Waals surface area contributed by atoms with Gasteiger partial charge in [0.1, 0.15) is 0 Å². The summed E-state index contributed by atoms with van der Waals surface area (Å²) in [5, 5.41) is 8.80. The maximum atomic E-state index is 10.7. The standard InChI is InChI=1S/C19H28O4/c1-3-14(7-6-10-19(20)21)15-11-12-17(22-2)18(13-15)23-16-8-4-5-9-16/h11-14,16H,3-10H2,1-2H3,(H,20,21). The van der Waals surface area contributed by atoms with E-state index in [1.54, 1.807) is 7.11 Å². The molecule has 0 amide bonds. The van der Waals surface area contributed by atoms with Crippen molar-refractivity contribution >= 4 is 5.97 Å². The lowest BCUT2D eigenvalue weighted by molar-refractivity contribution is -0.137. The van der Waals surface area contributed by atoms with Crippen LogP contribution in [-0.2, 0) is 4.79 Å². The summed E-state index contributed by atoms with van der Waals surface area (Å²) < 4.78 is 11.6. The minimum atomic E-state index is -0.722. The fraction of sp³-hybridized carbons (Fsp3) is 0.632. The molecular formula is C19H28O4. The highest BCUT2D eigenvalue weighted by Crippen LogP contribution is 2.36. The summed E-state index contributed by atoms with van der Waals surface area (Å²) in [6.45, 7) is 2.15. The predicted molar refractivity (Wildman–Crippen MR) is 90.4 cm³/mol. The number of hydrogen-bond donors (Lipinski definition) is 1. The van der Waals surface area contributed by atoms with Crippen molar-refractivity contribution in [1.29, 1.82) is 0 Å². The van der Waals surface area contributed by atoms with Gasteiger partial charge in [0.05, 0.1) is 13.2 Å². The van der Waals surface area contributed by atoms with E-state index in [1.165, 1.54) is 18.4 Å². The molecule has 0 saturated heterocycles. The van der Waals surface area contributed by atoms with Crippen LogP contribution < -0.4 is 9.47 Å². The zero-order chi connectivity index (χ0) is 16.7. The van der Waals surface area contributed by atoms with Crippen LogP contribution in [0.2, 0.25) is 0 Å². The van der Waals surface area contributed by atoms with Gasteiger partial charge in [0.25, 0.3) is 0 Å². The number of carboxylic acid groups (broad SMARTS) is 1. The van der Waals surface area contributed by atoms with E-state index >= 15 is 0 Å². The number of carboxylic acids is 1. The molecule has 1 aliphatic rings. The average molecular weight is 320 g/mol. The molecule has 128 valence electrons. The molecule has 1 aromatic rings. The Morgan fingerprint density at radius 3 is 2.65 bits per heavy atom. The second-order valence-electron chi connectivity index (χ2n) is 6.33. The first kappa shape index (κ1) is 17.6. The van der Waals surface area contributed by atoms with E-state index < -0.39 is 5.97 Å². The van der Waals surface area contributed by atoms with Gasteiger partial charge < -0.3 is 14.6 Å². The Labute approximate surface area is 138 Å². The number of aliphatic carboxylic acids is 1. The SMILES string of the molecule is CCC(CCCC(=O)O)c1ccc(OC)c(OC2CCCC2)c1. The van der Waals surface area contributed by atoms with Crippen molar-refractivity contribution in [2.75, 3.05) is 7.11 Å². The van der Waals surface area contributed by atoms with Crippen LogP contribution in [0.15, 0.2) is 18.2 Å². The highest BCUT2D eigenvalue weighted by molar-refractivity contribution is 5.66. The number of rotatable bonds is 9. The van der Waals surface area contributed by atoms with Gasteiger partial charge in [-0.25, -0.2) is 0 Å². The topological polar surface area (TPSA) is 55.8 Å². The molecule has 1 unspecified atom stereocenters. The van der Waals surface area contributed by atoms with E-state index in [2.05, 4.69) is 19.1 Å². The zero-order valence-corrected chi connectivity index (χ0v) is 14.2. The van der Waals surface area contributed by atoms with Crippen molar-refractivity contribution in [3.8, 4) is 11.5 Å². The lowest BCUT2D eigenvalue weighted by atomic mass is 9.91. The number of hydrogen-bond acceptors (Lipinski definition) is 3. The van der Waals surface area contributed by atoms with Crippen LogP contribution in [0.5, 0.6) is 11.5 Å². The van der Waals surface area contributed by atoms with Gasteiger partial charge in [0, 0.05) is 6.42 Å². The molecule has 2 rings (SSSR count). The summed E-state index contributed by atoms with van der Waals surface area (Å²) in [6, 6.07) is 6.14. The van der Waals surface area contributed by atoms with Gasteiger partial charge in [-0.05, 0) is 68.6 Å². The molecule has 0 heterocycles. The first-order valence-corrected chi connectivity index (χ1v) is 8.70. The van der Waals surface area contributed by atoms with Gasteiger partial charge in [0.15, 0.2) is 11.5 Å². The Hall–Kier alpha value is -1.71. The van der Waals surface area contributed by atoms with E-state index in [4.69, 9.17) is 14.6 Å². The Morgan fingerprint density at radius 1 is 1.30 bits per heavy atom. The van der Waals surface area contributed by atoms with Crippen LogP contribution >= 0.6 is 0 Å². The van der Waals surface area contributed by atoms with E-state index in [0.29, 0.717) is 18.4 Å². The Morgan fingerprint density at radius 2 is 2.04 bits per heavy atom. The molecule has 23 heavy (non-hydrogen) atoms. The van der Waals surface area contributed by atoms with Gasteiger partial charge in [-0.3, -0.25) is 4.79 Å². The quantitative estimate of drug-likeness (QED) is 0.712. The van der Waals surface area contributed by atoms with Crippen LogP contribution in [0.3, 0.4) is 0 Å². The molecule has 1 aromatic carbocycles. The van der Waals surface area contributed by atoms with Gasteiger partial charge in [-0.1, -0.05) is 13.0 Å². The molecule has 1 fully saturated rings. The van der Waals surface area contributed by atoms with E-state index in [-0.39, 0.29) is 6.42 Å². The van der Waals surface area contributed by atoms with E-state index in [9.17, 15) is 4.79 Å². The normalized spacial score (nSPS) is 16.3. The number of benzene rings is 1. The summed E-state index contributed by atoms with van der Waals surface area (Å²) in [6.07, 6.45) is 7.82. The largest absolute Gasteiger partial charge is 0.493 e. The van der Waals surface area contributed by atoms with Crippen molar-refractivity contribution in [3.63, 3.8) is 0 Å². The average Bonchev–Trinajstić information content (AvgIpc) is 3.04. The van der Waals surface area contributed by atoms with Gasteiger partial charge in [-0.15, -0.1) is 0 Å². The van der Waals surface area contributed by atoms with Gasteiger partial charge in [-0.2, -0.15) is 0 Å². The third-order valence-electron chi connectivity index (χ3n) is 4.69. The highest BCUT2D eigenvalue weighted by atomic mass is 16.5. The lowest BCUT2D eigenvalue weighted by Gasteiger charge is -2.20. The smallest absolute Gasteiger partial charge is 0.303 e. The predicted octanol–water partition coefficient (Wildman–Crippen LogP) is 4.77. The third kappa shape index (κ3) is 5.15. The Kier molecular flexibility index (Phi) is 6.75. The molecule has 0 aliphatic heterocycles. The summed E-state index contributed by atoms with van der Waals surface area (Å²) >= 11 is 0. The van der Waals surface area contributed by atoms with Gasteiger partial charge in [0.2, 0.25) is 0 Å². The Balaban J connectivity index is 2.08. The molecule has 1 saturated carbocycles. The summed E-state index contributed by atoms with van der Waals surface area (Å²) in [4.78, 5) is 10.7. The van der Waals surface area contributed by atoms with Crippen molar-refractivity contribution in [1.82, 2.24) is 0 Å². The number of ether oxygens (including phenoxy) is 2. The molecule has 1 N–H and O–H groups in total. The minimum absolute atomic E-state index is 0.234. The molecule has 0 spiro atoms. The van der Waals surface area contributed by atoms with Crippen LogP contribution in [0, 0.1) is 0 Å².